The van der Waals surface area contributed by atoms with Gasteiger partial charge in [0.1, 0.15) is 11.3 Å². The van der Waals surface area contributed by atoms with Crippen molar-refractivity contribution in [3.05, 3.63) is 82.2 Å². The molecule has 0 aliphatic heterocycles. The number of rotatable bonds is 14. The first kappa shape index (κ1) is 37.8. The average Bonchev–Trinajstić information content (AvgIpc) is 3.00. The van der Waals surface area contributed by atoms with Crippen LogP contribution in [-0.2, 0) is 14.3 Å². The van der Waals surface area contributed by atoms with Gasteiger partial charge in [0.05, 0.1) is 32.2 Å². The lowest BCUT2D eigenvalue weighted by atomic mass is 9.39. The van der Waals surface area contributed by atoms with Crippen LogP contribution in [0.4, 0.5) is 0 Å². The summed E-state index contributed by atoms with van der Waals surface area (Å²) in [7, 11) is 4.51. The van der Waals surface area contributed by atoms with Crippen molar-refractivity contribution in [1.29, 1.82) is 0 Å². The molecule has 1 saturated carbocycles. The Kier molecular flexibility index (Phi) is 11.8. The van der Waals surface area contributed by atoms with Crippen molar-refractivity contribution in [2.75, 3.05) is 21.3 Å². The summed E-state index contributed by atoms with van der Waals surface area (Å²) in [6.45, 7) is 22.7. The maximum absolute atomic E-state index is 15.6. The quantitative estimate of drug-likeness (QED) is 0.0869. The molecule has 0 N–H and O–H groups in total. The van der Waals surface area contributed by atoms with Crippen molar-refractivity contribution in [2.45, 2.75) is 94.4 Å². The van der Waals surface area contributed by atoms with E-state index >= 15 is 9.59 Å². The van der Waals surface area contributed by atoms with E-state index in [1.807, 2.05) is 34.6 Å². The largest absolute Gasteiger partial charge is 0.499 e. The monoisotopic (exact) mass is 644 g/mol. The number of benzene rings is 1. The van der Waals surface area contributed by atoms with Gasteiger partial charge in [0.15, 0.2) is 28.8 Å². The van der Waals surface area contributed by atoms with Gasteiger partial charge in [0, 0.05) is 5.56 Å². The predicted octanol–water partition coefficient (Wildman–Crippen LogP) is 9.61. The van der Waals surface area contributed by atoms with E-state index in [0.29, 0.717) is 37.2 Å². The average molecular weight is 645 g/mol. The number of methoxy groups -OCH3 is 3. The van der Waals surface area contributed by atoms with E-state index in [4.69, 9.17) is 14.2 Å². The van der Waals surface area contributed by atoms with Crippen LogP contribution in [-0.4, -0.2) is 38.7 Å². The zero-order valence-corrected chi connectivity index (χ0v) is 30.8. The van der Waals surface area contributed by atoms with E-state index in [-0.39, 0.29) is 40.9 Å². The number of hydrogen-bond donors (Lipinski definition) is 0. The van der Waals surface area contributed by atoms with Gasteiger partial charge < -0.3 is 14.2 Å². The number of carbonyl (C=O) groups excluding carboxylic acids is 3. The van der Waals surface area contributed by atoms with Crippen LogP contribution in [0.15, 0.2) is 76.6 Å². The molecule has 0 unspecified atom stereocenters. The van der Waals surface area contributed by atoms with Crippen LogP contribution >= 0.6 is 0 Å². The van der Waals surface area contributed by atoms with Gasteiger partial charge in [0.2, 0.25) is 0 Å². The Balaban J connectivity index is 2.50. The van der Waals surface area contributed by atoms with Crippen molar-refractivity contribution >= 4 is 17.3 Å². The van der Waals surface area contributed by atoms with E-state index < -0.39 is 27.8 Å². The number of Topliss-reactive ketones (excluding diaryl/α,β-unsaturated/α-hetero) is 3. The minimum Gasteiger partial charge on any atom is -0.499 e. The second kappa shape index (κ2) is 14.6. The van der Waals surface area contributed by atoms with Gasteiger partial charge in [-0.3, -0.25) is 14.4 Å². The minimum absolute atomic E-state index is 0.0401. The van der Waals surface area contributed by atoms with Crippen LogP contribution in [0, 0.1) is 28.1 Å². The first-order valence-corrected chi connectivity index (χ1v) is 16.7. The third-order valence-electron chi connectivity index (χ3n) is 10.6. The summed E-state index contributed by atoms with van der Waals surface area (Å²) in [5.41, 5.74) is 1.15. The number of allylic oxidation sites excluding steroid dienone is 9. The molecule has 1 fully saturated rings. The highest BCUT2D eigenvalue weighted by molar-refractivity contribution is 6.35. The molecular weight excluding hydrogens is 588 g/mol. The molecule has 256 valence electrons. The highest BCUT2D eigenvalue weighted by Crippen LogP contribution is 2.68. The van der Waals surface area contributed by atoms with Crippen LogP contribution in [0.3, 0.4) is 0 Å². The van der Waals surface area contributed by atoms with Crippen molar-refractivity contribution < 1.29 is 28.6 Å². The standard InChI is InChI=1S/C41H56O6/c1-25(2)14-16-30(28(7)8)23-40-24-31(18-15-26(3)4)39(9,10)41(38(40)44,21-20-27(5)6)37(47-13)34(36(40)43)35(42)29-17-19-32(45-11)33(22-29)46-12/h14-15,17,19-20,22,30-31H,7,16,18,21,23-24H2,1-6,8-13H3/t30-,31+,40+,41-/m1/s1. The maximum Gasteiger partial charge on any atom is 0.200 e. The Labute approximate surface area is 283 Å². The highest BCUT2D eigenvalue weighted by Gasteiger charge is 2.72. The topological polar surface area (TPSA) is 78.9 Å². The first-order chi connectivity index (χ1) is 21.9. The number of ether oxygens (including phenoxy) is 3. The van der Waals surface area contributed by atoms with Crippen LogP contribution in [0.2, 0.25) is 0 Å². The molecule has 0 aromatic heterocycles. The zero-order chi connectivity index (χ0) is 35.5. The third kappa shape index (κ3) is 6.84. The molecule has 3 rings (SSSR count). The number of fused-ring (bicyclic) bond motifs is 2. The lowest BCUT2D eigenvalue weighted by Crippen LogP contribution is -2.67. The van der Waals surface area contributed by atoms with E-state index in [9.17, 15) is 4.79 Å². The van der Waals surface area contributed by atoms with E-state index in [1.54, 1.807) is 18.2 Å². The molecule has 2 bridgehead atoms. The van der Waals surface area contributed by atoms with Crippen molar-refractivity contribution in [1.82, 2.24) is 0 Å². The second-order valence-electron chi connectivity index (χ2n) is 14.8. The van der Waals surface area contributed by atoms with Gasteiger partial charge in [-0.25, -0.2) is 0 Å². The Bertz CT molecular complexity index is 1540. The van der Waals surface area contributed by atoms with Crippen molar-refractivity contribution in [3.8, 4) is 11.5 Å². The predicted molar refractivity (Wildman–Crippen MR) is 190 cm³/mol. The summed E-state index contributed by atoms with van der Waals surface area (Å²) < 4.78 is 17.1. The van der Waals surface area contributed by atoms with Crippen molar-refractivity contribution in [2.24, 2.45) is 28.1 Å². The molecular formula is C41H56O6. The molecule has 47 heavy (non-hydrogen) atoms. The zero-order valence-electron chi connectivity index (χ0n) is 30.8. The van der Waals surface area contributed by atoms with Gasteiger partial charge in [-0.2, -0.15) is 0 Å². The minimum atomic E-state index is -1.44. The molecule has 1 aromatic carbocycles. The molecule has 0 spiro atoms. The van der Waals surface area contributed by atoms with E-state index in [0.717, 1.165) is 16.7 Å². The number of carbonyl (C=O) groups is 3. The maximum atomic E-state index is 15.6. The third-order valence-corrected chi connectivity index (χ3v) is 10.6. The summed E-state index contributed by atoms with van der Waals surface area (Å²) >= 11 is 0. The smallest absolute Gasteiger partial charge is 0.200 e. The number of ketones is 3. The fourth-order valence-corrected chi connectivity index (χ4v) is 7.66. The molecule has 2 aliphatic rings. The summed E-state index contributed by atoms with van der Waals surface area (Å²) in [6, 6.07) is 4.88. The molecule has 6 heteroatoms. The van der Waals surface area contributed by atoms with Gasteiger partial charge in [0.25, 0.3) is 0 Å². The van der Waals surface area contributed by atoms with Crippen molar-refractivity contribution in [3.63, 3.8) is 0 Å². The Morgan fingerprint density at radius 1 is 0.894 bits per heavy atom. The molecule has 0 heterocycles. The summed E-state index contributed by atoms with van der Waals surface area (Å²) in [5, 5.41) is 0. The lowest BCUT2D eigenvalue weighted by Gasteiger charge is -2.61. The summed E-state index contributed by atoms with van der Waals surface area (Å²) in [5.74, 6) is -0.242. The van der Waals surface area contributed by atoms with Gasteiger partial charge in [-0.1, -0.05) is 60.9 Å². The van der Waals surface area contributed by atoms with Gasteiger partial charge in [-0.15, -0.1) is 0 Å². The van der Waals surface area contributed by atoms with Gasteiger partial charge in [-0.05, 0) is 116 Å². The van der Waals surface area contributed by atoms with E-state index in [1.165, 1.54) is 26.9 Å². The number of hydrogen-bond acceptors (Lipinski definition) is 6. The molecule has 6 nitrogen and oxygen atoms in total. The fraction of sp³-hybridized carbons (Fsp3) is 0.537. The highest BCUT2D eigenvalue weighted by atomic mass is 16.5. The Morgan fingerprint density at radius 3 is 2.00 bits per heavy atom. The van der Waals surface area contributed by atoms with Crippen LogP contribution in [0.1, 0.15) is 105 Å². The molecule has 0 amide bonds. The van der Waals surface area contributed by atoms with E-state index in [2.05, 4.69) is 52.5 Å². The Morgan fingerprint density at radius 2 is 1.49 bits per heavy atom. The molecule has 1 aromatic rings. The fourth-order valence-electron chi connectivity index (χ4n) is 7.66. The van der Waals surface area contributed by atoms with Gasteiger partial charge >= 0.3 is 0 Å². The normalized spacial score (nSPS) is 23.8. The SMILES string of the molecule is C=C(C)[C@H](CC=C(C)C)C[C@@]12C[C@H](CC=C(C)C)C(C)(C)[C@@](CC=C(C)C)(C1=O)C(OC)=C(C(=O)c1ccc(OC)c(OC)c1)C2=O. The lowest BCUT2D eigenvalue weighted by molar-refractivity contribution is -0.171. The molecule has 4 atom stereocenters. The van der Waals surface area contributed by atoms with Crippen LogP contribution in [0.5, 0.6) is 11.5 Å². The second-order valence-corrected chi connectivity index (χ2v) is 14.8. The molecule has 0 saturated heterocycles. The first-order valence-electron chi connectivity index (χ1n) is 16.7. The van der Waals surface area contributed by atoms with Crippen LogP contribution in [0.25, 0.3) is 0 Å². The Hall–Kier alpha value is -3.67. The summed E-state index contributed by atoms with van der Waals surface area (Å²) in [6.07, 6.45) is 8.70. The van der Waals surface area contributed by atoms with Crippen LogP contribution < -0.4 is 9.47 Å². The summed E-state index contributed by atoms with van der Waals surface area (Å²) in [4.78, 5) is 45.6. The molecule has 2 aliphatic carbocycles. The molecule has 0 radical (unpaired) electrons.